The molecule has 0 amide bonds. The van der Waals surface area contributed by atoms with E-state index in [2.05, 4.69) is 0 Å². The predicted molar refractivity (Wildman–Crippen MR) is 211 cm³/mol. The third kappa shape index (κ3) is 14.6. The molecule has 2 aliphatic rings. The van der Waals surface area contributed by atoms with Crippen LogP contribution in [0.15, 0.2) is 78.9 Å². The number of ether oxygens (including phenoxy) is 5. The summed E-state index contributed by atoms with van der Waals surface area (Å²) >= 11 is 5.90. The Bertz CT molecular complexity index is 1650. The van der Waals surface area contributed by atoms with Gasteiger partial charge in [-0.2, -0.15) is 0 Å². The molecule has 318 valence electrons. The zero-order chi connectivity index (χ0) is 42.0. The number of aliphatic hydroxyl groups excluding tert-OH is 4. The van der Waals surface area contributed by atoms with Crippen molar-refractivity contribution in [3.8, 4) is 11.5 Å². The van der Waals surface area contributed by atoms with Gasteiger partial charge in [0.05, 0.1) is 56.6 Å². The molecule has 6 unspecified atom stereocenters. The lowest BCUT2D eigenvalue weighted by molar-refractivity contribution is -0.150. The molecule has 0 aliphatic heterocycles. The van der Waals surface area contributed by atoms with Crippen molar-refractivity contribution in [2.24, 2.45) is 23.7 Å². The number of rotatable bonds is 25. The van der Waals surface area contributed by atoms with E-state index in [1.165, 1.54) is 7.11 Å². The lowest BCUT2D eigenvalue weighted by Crippen LogP contribution is -2.41. The number of carboxylic acid groups (broad SMARTS) is 1. The number of benzene rings is 2. The van der Waals surface area contributed by atoms with E-state index in [1.807, 2.05) is 6.07 Å². The molecule has 0 aromatic heterocycles. The first-order valence-electron chi connectivity index (χ1n) is 19.6. The lowest BCUT2D eigenvalue weighted by atomic mass is 9.76. The van der Waals surface area contributed by atoms with E-state index in [0.29, 0.717) is 35.8 Å². The number of para-hydroxylation sites is 1. The Morgan fingerprint density at radius 3 is 2.03 bits per heavy atom. The van der Waals surface area contributed by atoms with Gasteiger partial charge in [0, 0.05) is 36.1 Å². The minimum absolute atomic E-state index is 0.0677. The first-order valence-corrected chi connectivity index (χ1v) is 19.9. The number of aliphatic carboxylic acids is 1. The van der Waals surface area contributed by atoms with Gasteiger partial charge in [0.2, 0.25) is 0 Å². The fourth-order valence-corrected chi connectivity index (χ4v) is 7.43. The molecule has 2 aliphatic carbocycles. The molecule has 14 nitrogen and oxygen atoms in total. The van der Waals surface area contributed by atoms with Gasteiger partial charge in [-0.05, 0) is 68.5 Å². The monoisotopic (exact) mass is 830 g/mol. The third-order valence-corrected chi connectivity index (χ3v) is 10.5. The molecule has 10 atom stereocenters. The van der Waals surface area contributed by atoms with Gasteiger partial charge in [-0.15, -0.1) is 0 Å². The summed E-state index contributed by atoms with van der Waals surface area (Å²) in [5, 5.41) is 52.2. The maximum absolute atomic E-state index is 13.5. The predicted octanol–water partition coefficient (Wildman–Crippen LogP) is 4.13. The van der Waals surface area contributed by atoms with E-state index in [0.717, 1.165) is 0 Å². The van der Waals surface area contributed by atoms with E-state index in [1.54, 1.807) is 72.8 Å². The minimum Gasteiger partial charge on any atom is -0.491 e. The molecule has 0 heterocycles. The summed E-state index contributed by atoms with van der Waals surface area (Å²) in [6.45, 7) is -0.606. The highest BCUT2D eigenvalue weighted by Crippen LogP contribution is 2.39. The van der Waals surface area contributed by atoms with Crippen LogP contribution in [-0.2, 0) is 33.4 Å². The lowest BCUT2D eigenvalue weighted by Gasteiger charge is -2.32. The second kappa shape index (κ2) is 24.1. The molecule has 0 bridgehead atoms. The molecule has 0 radical (unpaired) electrons. The van der Waals surface area contributed by atoms with E-state index in [9.17, 15) is 39.6 Å². The van der Waals surface area contributed by atoms with Gasteiger partial charge >= 0.3 is 11.9 Å². The zero-order valence-corrected chi connectivity index (χ0v) is 33.3. The Labute approximate surface area is 343 Å². The van der Waals surface area contributed by atoms with E-state index < -0.39 is 72.2 Å². The van der Waals surface area contributed by atoms with Crippen LogP contribution in [0.2, 0.25) is 5.02 Å². The Morgan fingerprint density at radius 1 is 0.793 bits per heavy atom. The van der Waals surface area contributed by atoms with Crippen molar-refractivity contribution in [1.29, 1.82) is 0 Å². The van der Waals surface area contributed by atoms with E-state index in [-0.39, 0.29) is 70.1 Å². The number of aliphatic hydroxyl groups is 4. The number of hydrogen-bond acceptors (Lipinski definition) is 13. The fraction of sp³-hybridized carbons (Fsp3) is 0.535. The molecule has 0 saturated heterocycles. The number of unbranched alkanes of at least 4 members (excludes halogenated alkanes) is 1. The number of ketones is 2. The summed E-state index contributed by atoms with van der Waals surface area (Å²) in [5.74, 6) is -4.35. The van der Waals surface area contributed by atoms with Crippen LogP contribution in [0.5, 0.6) is 11.5 Å². The van der Waals surface area contributed by atoms with Crippen LogP contribution < -0.4 is 9.47 Å². The molecular formula is C43H55ClO14. The number of Topliss-reactive ketones (excluding diaryl/α,β-unsaturated/α-hetero) is 2. The van der Waals surface area contributed by atoms with Crippen molar-refractivity contribution in [1.82, 2.24) is 0 Å². The van der Waals surface area contributed by atoms with Crippen LogP contribution in [0, 0.1) is 23.7 Å². The molecule has 2 aromatic rings. The normalized spacial score (nSPS) is 24.2. The maximum Gasteiger partial charge on any atom is 0.309 e. The SMILES string of the molecule is COC(=O)[C@@H](CC/C=C\C[C@H]1C(=O)C[C@H](O)C1OCC(O)COc1ccc(Cl)cc1)C(/C=C\CCCC(=O)O)C1C(=O)CC(O)[C@@H]1OCC(O)COc1ccccc1. The average molecular weight is 831 g/mol. The topological polar surface area (TPSA) is 216 Å². The highest BCUT2D eigenvalue weighted by atomic mass is 35.5. The molecule has 0 spiro atoms. The Kier molecular flexibility index (Phi) is 19.3. The number of halogens is 1. The summed E-state index contributed by atoms with van der Waals surface area (Å²) < 4.78 is 28.2. The second-order valence-corrected chi connectivity index (χ2v) is 15.0. The van der Waals surface area contributed by atoms with Crippen LogP contribution >= 0.6 is 11.6 Å². The standard InChI is InChI=1S/C43H55ClO14/c1-54-43(53)33(14-8-3-9-15-34-35(47)21-37(49)41(34)57-25-28(45)24-56-31-19-17-27(44)18-20-31)32(13-7-4-10-16-39(51)52)40-36(48)22-38(50)42(40)58-26-29(46)23-55-30-11-5-2-6-12-30/h2-3,5-7,9,11-13,17-20,28-29,32-34,37-38,40-42,45-46,49-50H,4,8,10,14-16,21-26H2,1H3,(H,51,52)/b9-3-,13-7-/t28?,29?,32?,33-,34-,37-,38?,40?,41?,42-/m0/s1. The zero-order valence-electron chi connectivity index (χ0n) is 32.6. The van der Waals surface area contributed by atoms with Gasteiger partial charge in [-0.1, -0.05) is 54.1 Å². The quantitative estimate of drug-likeness (QED) is 0.0541. The molecule has 4 rings (SSSR count). The van der Waals surface area contributed by atoms with Crippen LogP contribution in [0.25, 0.3) is 0 Å². The number of carbonyl (C=O) groups excluding carboxylic acids is 3. The van der Waals surface area contributed by atoms with Crippen molar-refractivity contribution < 1.29 is 68.4 Å². The largest absolute Gasteiger partial charge is 0.491 e. The highest BCUT2D eigenvalue weighted by molar-refractivity contribution is 6.30. The van der Waals surface area contributed by atoms with Gasteiger partial charge in [0.1, 0.15) is 48.5 Å². The summed E-state index contributed by atoms with van der Waals surface area (Å²) in [7, 11) is 1.24. The number of methoxy groups -OCH3 is 1. The van der Waals surface area contributed by atoms with Crippen molar-refractivity contribution in [3.05, 3.63) is 83.9 Å². The molecule has 2 saturated carbocycles. The van der Waals surface area contributed by atoms with Gasteiger partial charge in [-0.3, -0.25) is 19.2 Å². The molecule has 2 aromatic carbocycles. The van der Waals surface area contributed by atoms with Crippen LogP contribution in [0.4, 0.5) is 0 Å². The second-order valence-electron chi connectivity index (χ2n) is 14.6. The van der Waals surface area contributed by atoms with Crippen LogP contribution in [0.3, 0.4) is 0 Å². The first kappa shape index (κ1) is 46.5. The van der Waals surface area contributed by atoms with E-state index in [4.69, 9.17) is 40.4 Å². The molecule has 15 heteroatoms. The number of esters is 1. The molecule has 2 fully saturated rings. The van der Waals surface area contributed by atoms with Crippen LogP contribution in [0.1, 0.15) is 51.4 Å². The van der Waals surface area contributed by atoms with Crippen molar-refractivity contribution >= 4 is 35.1 Å². The summed E-state index contributed by atoms with van der Waals surface area (Å²) in [5.41, 5.74) is 0. The first-order chi connectivity index (χ1) is 27.9. The van der Waals surface area contributed by atoms with Gasteiger partial charge in [-0.25, -0.2) is 0 Å². The Hall–Kier alpha value is -4.15. The smallest absolute Gasteiger partial charge is 0.309 e. The van der Waals surface area contributed by atoms with Crippen molar-refractivity contribution in [3.63, 3.8) is 0 Å². The molecule has 5 N–H and O–H groups in total. The van der Waals surface area contributed by atoms with Gasteiger partial charge in [0.25, 0.3) is 0 Å². The number of allylic oxidation sites excluding steroid dienone is 4. The third-order valence-electron chi connectivity index (χ3n) is 10.2. The summed E-state index contributed by atoms with van der Waals surface area (Å²) in [4.78, 5) is 50.8. The highest BCUT2D eigenvalue weighted by Gasteiger charge is 2.49. The number of hydrogen-bond donors (Lipinski definition) is 5. The van der Waals surface area contributed by atoms with Gasteiger partial charge < -0.3 is 49.2 Å². The summed E-state index contributed by atoms with van der Waals surface area (Å²) in [6, 6.07) is 15.5. The Morgan fingerprint density at radius 2 is 1.40 bits per heavy atom. The Balaban J connectivity index is 1.39. The van der Waals surface area contributed by atoms with E-state index >= 15 is 0 Å². The van der Waals surface area contributed by atoms with Gasteiger partial charge in [0.15, 0.2) is 0 Å². The minimum atomic E-state index is -1.20. The average Bonchev–Trinajstić information content (AvgIpc) is 3.64. The molecular weight excluding hydrogens is 776 g/mol. The van der Waals surface area contributed by atoms with Crippen molar-refractivity contribution in [2.75, 3.05) is 33.5 Å². The fourth-order valence-electron chi connectivity index (χ4n) is 7.30. The molecule has 58 heavy (non-hydrogen) atoms. The summed E-state index contributed by atoms with van der Waals surface area (Å²) in [6.07, 6.45) is 1.74. The maximum atomic E-state index is 13.5. The number of carbonyl (C=O) groups is 4. The number of carboxylic acids is 1. The van der Waals surface area contributed by atoms with Crippen molar-refractivity contribution in [2.45, 2.75) is 88.0 Å². The van der Waals surface area contributed by atoms with Crippen LogP contribution in [-0.4, -0.2) is 119 Å².